The molecule has 0 spiro atoms. The van der Waals surface area contributed by atoms with Gasteiger partial charge in [-0.25, -0.2) is 9.67 Å². The van der Waals surface area contributed by atoms with Gasteiger partial charge in [0.15, 0.2) is 5.82 Å². The van der Waals surface area contributed by atoms with E-state index >= 15 is 0 Å². The molecule has 120 valence electrons. The lowest BCUT2D eigenvalue weighted by atomic mass is 9.89. The maximum Gasteiger partial charge on any atom is 0.150 e. The molecule has 0 radical (unpaired) electrons. The first-order chi connectivity index (χ1) is 10.5. The Bertz CT molecular complexity index is 633. The zero-order valence-corrected chi connectivity index (χ0v) is 14.0. The second kappa shape index (κ2) is 5.83. The molecule has 6 nitrogen and oxygen atoms in total. The quantitative estimate of drug-likeness (QED) is 0.906. The predicted octanol–water partition coefficient (Wildman–Crippen LogP) is 1.97. The summed E-state index contributed by atoms with van der Waals surface area (Å²) in [5.41, 5.74) is 2.56. The molecule has 3 heterocycles. The van der Waals surface area contributed by atoms with E-state index in [1.165, 1.54) is 11.3 Å². The monoisotopic (exact) mass is 302 g/mol. The highest BCUT2D eigenvalue weighted by Gasteiger charge is 2.23. The summed E-state index contributed by atoms with van der Waals surface area (Å²) in [4.78, 5) is 4.57. The van der Waals surface area contributed by atoms with Gasteiger partial charge in [0.25, 0.3) is 0 Å². The average molecular weight is 302 g/mol. The van der Waals surface area contributed by atoms with Crippen LogP contribution in [0.15, 0.2) is 6.20 Å². The minimum atomic E-state index is 0.0924. The Balaban J connectivity index is 1.63. The Hall–Kier alpha value is -1.69. The number of aromatic nitrogens is 5. The predicted molar refractivity (Wildman–Crippen MR) is 85.6 cm³/mol. The van der Waals surface area contributed by atoms with E-state index in [4.69, 9.17) is 0 Å². The van der Waals surface area contributed by atoms with Gasteiger partial charge in [0, 0.05) is 42.1 Å². The summed E-state index contributed by atoms with van der Waals surface area (Å²) in [6.07, 6.45) is 4.96. The highest BCUT2D eigenvalue weighted by atomic mass is 15.4. The van der Waals surface area contributed by atoms with Crippen molar-refractivity contribution in [3.63, 3.8) is 0 Å². The number of fused-ring (bicyclic) bond motifs is 1. The number of nitrogens with one attached hydrogen (secondary N) is 2. The minimum Gasteiger partial charge on any atom is -0.308 e. The maximum atomic E-state index is 4.57. The Morgan fingerprint density at radius 2 is 2.23 bits per heavy atom. The van der Waals surface area contributed by atoms with Gasteiger partial charge in [0.1, 0.15) is 5.82 Å². The van der Waals surface area contributed by atoms with Gasteiger partial charge >= 0.3 is 0 Å². The first kappa shape index (κ1) is 15.2. The molecule has 0 aromatic carbocycles. The third-order valence-electron chi connectivity index (χ3n) is 4.27. The molecule has 1 unspecified atom stereocenters. The SMILES string of the molecule is CCc1nc2n(n1)CC(NCc1cn[nH]c1C(C)(C)C)CC2. The van der Waals surface area contributed by atoms with E-state index in [1.54, 1.807) is 0 Å². The van der Waals surface area contributed by atoms with Gasteiger partial charge in [-0.2, -0.15) is 10.2 Å². The van der Waals surface area contributed by atoms with Crippen LogP contribution in [-0.2, 0) is 31.3 Å². The fourth-order valence-electron chi connectivity index (χ4n) is 3.03. The van der Waals surface area contributed by atoms with E-state index in [0.29, 0.717) is 6.04 Å². The van der Waals surface area contributed by atoms with Crippen LogP contribution in [0.25, 0.3) is 0 Å². The summed E-state index contributed by atoms with van der Waals surface area (Å²) in [5.74, 6) is 2.09. The van der Waals surface area contributed by atoms with Crippen molar-refractivity contribution >= 4 is 0 Å². The molecule has 0 bridgehead atoms. The first-order valence-electron chi connectivity index (χ1n) is 8.16. The first-order valence-corrected chi connectivity index (χ1v) is 8.16. The van der Waals surface area contributed by atoms with Gasteiger partial charge in [-0.1, -0.05) is 27.7 Å². The van der Waals surface area contributed by atoms with Crippen molar-refractivity contribution in [3.8, 4) is 0 Å². The van der Waals surface area contributed by atoms with E-state index in [1.807, 2.05) is 6.20 Å². The van der Waals surface area contributed by atoms with Crippen molar-refractivity contribution < 1.29 is 0 Å². The van der Waals surface area contributed by atoms with Crippen molar-refractivity contribution in [2.24, 2.45) is 0 Å². The van der Waals surface area contributed by atoms with Crippen LogP contribution in [0.2, 0.25) is 0 Å². The molecule has 0 amide bonds. The smallest absolute Gasteiger partial charge is 0.150 e. The molecule has 22 heavy (non-hydrogen) atoms. The zero-order valence-electron chi connectivity index (χ0n) is 14.0. The standard InChI is InChI=1S/C16H26N6/c1-5-13-19-14-7-6-12(10-22(14)21-13)17-8-11-9-18-20-15(11)16(2,3)4/h9,12,17H,5-8,10H2,1-4H3,(H,18,20). The lowest BCUT2D eigenvalue weighted by Gasteiger charge is -2.24. The van der Waals surface area contributed by atoms with Crippen molar-refractivity contribution in [2.75, 3.05) is 0 Å². The van der Waals surface area contributed by atoms with Crippen LogP contribution in [0.3, 0.4) is 0 Å². The van der Waals surface area contributed by atoms with Crippen LogP contribution in [0.5, 0.6) is 0 Å². The number of aromatic amines is 1. The molecule has 0 saturated carbocycles. The summed E-state index contributed by atoms with van der Waals surface area (Å²) in [7, 11) is 0. The van der Waals surface area contributed by atoms with Crippen molar-refractivity contribution in [1.82, 2.24) is 30.3 Å². The Labute approximate surface area is 131 Å². The number of hydrogen-bond donors (Lipinski definition) is 2. The summed E-state index contributed by atoms with van der Waals surface area (Å²) >= 11 is 0. The fourth-order valence-corrected chi connectivity index (χ4v) is 3.03. The highest BCUT2D eigenvalue weighted by molar-refractivity contribution is 5.23. The largest absolute Gasteiger partial charge is 0.308 e. The Kier molecular flexibility index (Phi) is 4.04. The molecular formula is C16H26N6. The van der Waals surface area contributed by atoms with Gasteiger partial charge in [0.05, 0.1) is 12.7 Å². The van der Waals surface area contributed by atoms with Crippen LogP contribution in [-0.4, -0.2) is 31.0 Å². The molecule has 1 aliphatic heterocycles. The number of hydrogen-bond acceptors (Lipinski definition) is 4. The number of rotatable bonds is 4. The molecule has 0 fully saturated rings. The second-order valence-corrected chi connectivity index (χ2v) is 7.12. The normalized spacial score (nSPS) is 18.5. The molecule has 0 saturated heterocycles. The van der Waals surface area contributed by atoms with Crippen LogP contribution < -0.4 is 5.32 Å². The summed E-state index contributed by atoms with van der Waals surface area (Å²) in [5, 5.41) is 15.6. The number of nitrogens with zero attached hydrogens (tertiary/aromatic N) is 4. The van der Waals surface area contributed by atoms with Gasteiger partial charge in [-0.3, -0.25) is 5.10 Å². The van der Waals surface area contributed by atoms with Crippen LogP contribution in [0, 0.1) is 0 Å². The van der Waals surface area contributed by atoms with E-state index in [9.17, 15) is 0 Å². The molecule has 0 aliphatic carbocycles. The molecule has 1 aliphatic rings. The zero-order chi connectivity index (χ0) is 15.7. The molecular weight excluding hydrogens is 276 g/mol. The summed E-state index contributed by atoms with van der Waals surface area (Å²) in [6, 6.07) is 0.446. The fraction of sp³-hybridized carbons (Fsp3) is 0.688. The Morgan fingerprint density at radius 3 is 2.95 bits per heavy atom. The molecule has 2 aromatic heterocycles. The van der Waals surface area contributed by atoms with Crippen molar-refractivity contribution in [2.45, 2.75) is 71.5 Å². The lowest BCUT2D eigenvalue weighted by molar-refractivity contribution is 0.356. The van der Waals surface area contributed by atoms with Gasteiger partial charge in [-0.15, -0.1) is 0 Å². The molecule has 2 N–H and O–H groups in total. The highest BCUT2D eigenvalue weighted by Crippen LogP contribution is 2.23. The van der Waals surface area contributed by atoms with Gasteiger partial charge in [0.2, 0.25) is 0 Å². The van der Waals surface area contributed by atoms with Crippen molar-refractivity contribution in [1.29, 1.82) is 0 Å². The topological polar surface area (TPSA) is 71.4 Å². The maximum absolute atomic E-state index is 4.57. The summed E-state index contributed by atoms with van der Waals surface area (Å²) < 4.78 is 2.07. The van der Waals surface area contributed by atoms with Gasteiger partial charge < -0.3 is 5.32 Å². The Morgan fingerprint density at radius 1 is 1.41 bits per heavy atom. The molecule has 2 aromatic rings. The number of aryl methyl sites for hydroxylation is 2. The van der Waals surface area contributed by atoms with Crippen molar-refractivity contribution in [3.05, 3.63) is 29.1 Å². The molecule has 3 rings (SSSR count). The second-order valence-electron chi connectivity index (χ2n) is 7.12. The molecule has 1 atom stereocenters. The summed E-state index contributed by atoms with van der Waals surface area (Å²) in [6.45, 7) is 10.5. The third-order valence-corrected chi connectivity index (χ3v) is 4.27. The average Bonchev–Trinajstić information content (AvgIpc) is 3.10. The molecule has 6 heteroatoms. The van der Waals surface area contributed by atoms with Crippen LogP contribution in [0.4, 0.5) is 0 Å². The number of H-pyrrole nitrogens is 1. The minimum absolute atomic E-state index is 0.0924. The third kappa shape index (κ3) is 3.06. The van der Waals surface area contributed by atoms with Crippen LogP contribution in [0.1, 0.15) is 57.0 Å². The van der Waals surface area contributed by atoms with E-state index in [0.717, 1.165) is 44.0 Å². The van der Waals surface area contributed by atoms with E-state index in [2.05, 4.69) is 58.0 Å². The lowest BCUT2D eigenvalue weighted by Crippen LogP contribution is -2.37. The van der Waals surface area contributed by atoms with Crippen LogP contribution >= 0.6 is 0 Å². The van der Waals surface area contributed by atoms with Gasteiger partial charge in [-0.05, 0) is 6.42 Å². The van der Waals surface area contributed by atoms with E-state index < -0.39 is 0 Å². The van der Waals surface area contributed by atoms with E-state index in [-0.39, 0.29) is 5.41 Å².